The molecule has 0 aliphatic rings. The number of hydrogen-bond acceptors (Lipinski definition) is 3. The normalized spacial score (nSPS) is 11.5. The summed E-state index contributed by atoms with van der Waals surface area (Å²) in [7, 11) is 0. The van der Waals surface area contributed by atoms with Crippen molar-refractivity contribution in [1.29, 1.82) is 0 Å². The van der Waals surface area contributed by atoms with Crippen LogP contribution in [0.15, 0.2) is 28.7 Å². The molecule has 1 rings (SSSR count). The molecule has 3 N–H and O–H groups in total. The van der Waals surface area contributed by atoms with E-state index in [2.05, 4.69) is 26.6 Å². The van der Waals surface area contributed by atoms with Crippen molar-refractivity contribution >= 4 is 33.7 Å². The molecule has 21 heavy (non-hydrogen) atoms. The Kier molecular flexibility index (Phi) is 6.87. The van der Waals surface area contributed by atoms with Crippen molar-refractivity contribution < 1.29 is 19.5 Å². The molecule has 0 aliphatic heterocycles. The van der Waals surface area contributed by atoms with Gasteiger partial charge in [-0.3, -0.25) is 14.4 Å². The molecular formula is C14H17BrN2O4. The Morgan fingerprint density at radius 1 is 1.19 bits per heavy atom. The lowest BCUT2D eigenvalue weighted by molar-refractivity contribution is -0.141. The lowest BCUT2D eigenvalue weighted by Gasteiger charge is -2.09. The molecule has 0 saturated heterocycles. The van der Waals surface area contributed by atoms with E-state index in [1.165, 1.54) is 0 Å². The molecule has 1 unspecified atom stereocenters. The number of carbonyl (C=O) groups excluding carboxylic acids is 2. The van der Waals surface area contributed by atoms with Crippen LogP contribution in [0.25, 0.3) is 0 Å². The van der Waals surface area contributed by atoms with Gasteiger partial charge in [0, 0.05) is 16.6 Å². The number of carboxylic acid groups (broad SMARTS) is 1. The van der Waals surface area contributed by atoms with E-state index in [-0.39, 0.29) is 24.9 Å². The number of hydrogen-bond donors (Lipinski definition) is 3. The lowest BCUT2D eigenvalue weighted by Crippen LogP contribution is -2.37. The third kappa shape index (κ3) is 6.40. The predicted molar refractivity (Wildman–Crippen MR) is 80.9 cm³/mol. The highest BCUT2D eigenvalue weighted by Crippen LogP contribution is 2.10. The average Bonchev–Trinajstić information content (AvgIpc) is 2.45. The van der Waals surface area contributed by atoms with Crippen molar-refractivity contribution in [3.63, 3.8) is 0 Å². The van der Waals surface area contributed by atoms with E-state index in [9.17, 15) is 14.4 Å². The summed E-state index contributed by atoms with van der Waals surface area (Å²) >= 11 is 3.27. The number of carbonyl (C=O) groups is 3. The van der Waals surface area contributed by atoms with E-state index in [1.54, 1.807) is 31.2 Å². The molecule has 0 saturated carbocycles. The van der Waals surface area contributed by atoms with E-state index in [0.717, 1.165) is 4.47 Å². The Labute approximate surface area is 131 Å². The molecule has 0 fully saturated rings. The van der Waals surface area contributed by atoms with Crippen molar-refractivity contribution in [2.45, 2.75) is 13.3 Å². The maximum Gasteiger partial charge on any atom is 0.306 e. The van der Waals surface area contributed by atoms with Crippen molar-refractivity contribution in [1.82, 2.24) is 10.6 Å². The molecule has 0 aliphatic carbocycles. The Hall–Kier alpha value is -1.89. The van der Waals surface area contributed by atoms with Gasteiger partial charge in [0.2, 0.25) is 5.91 Å². The first kappa shape index (κ1) is 17.2. The van der Waals surface area contributed by atoms with E-state index in [0.29, 0.717) is 12.0 Å². The van der Waals surface area contributed by atoms with Gasteiger partial charge in [0.15, 0.2) is 0 Å². The highest BCUT2D eigenvalue weighted by Gasteiger charge is 2.11. The van der Waals surface area contributed by atoms with Crippen molar-refractivity contribution in [2.24, 2.45) is 5.92 Å². The molecule has 0 radical (unpaired) electrons. The topological polar surface area (TPSA) is 95.5 Å². The summed E-state index contributed by atoms with van der Waals surface area (Å²) in [5.41, 5.74) is 0.463. The minimum absolute atomic E-state index is 0.143. The maximum absolute atomic E-state index is 11.7. The zero-order valence-corrected chi connectivity index (χ0v) is 13.1. The number of benzene rings is 1. The lowest BCUT2D eigenvalue weighted by atomic mass is 10.1. The molecule has 7 heteroatoms. The highest BCUT2D eigenvalue weighted by atomic mass is 79.9. The van der Waals surface area contributed by atoms with Gasteiger partial charge in [-0.2, -0.15) is 0 Å². The molecule has 0 bridgehead atoms. The van der Waals surface area contributed by atoms with Crippen LogP contribution in [0.5, 0.6) is 0 Å². The predicted octanol–water partition coefficient (Wildman–Crippen LogP) is 1.41. The smallest absolute Gasteiger partial charge is 0.306 e. The van der Waals surface area contributed by atoms with E-state index in [1.807, 2.05) is 0 Å². The van der Waals surface area contributed by atoms with Crippen LogP contribution in [0, 0.1) is 5.92 Å². The van der Waals surface area contributed by atoms with Crippen LogP contribution in [-0.4, -0.2) is 36.0 Å². The van der Waals surface area contributed by atoms with Gasteiger partial charge in [0.25, 0.3) is 5.91 Å². The van der Waals surface area contributed by atoms with Crippen molar-refractivity contribution in [3.8, 4) is 0 Å². The number of carboxylic acids is 1. The quantitative estimate of drug-likeness (QED) is 0.688. The second-order valence-electron chi connectivity index (χ2n) is 4.57. The SMILES string of the molecule is CC(CCNC(=O)CNC(=O)c1ccc(Br)cc1)C(=O)O. The summed E-state index contributed by atoms with van der Waals surface area (Å²) < 4.78 is 0.865. The first-order valence-electron chi connectivity index (χ1n) is 6.43. The van der Waals surface area contributed by atoms with Crippen LogP contribution in [-0.2, 0) is 9.59 Å². The van der Waals surface area contributed by atoms with Gasteiger partial charge in [-0.1, -0.05) is 22.9 Å². The molecule has 0 spiro atoms. The Bertz CT molecular complexity index is 516. The summed E-state index contributed by atoms with van der Waals surface area (Å²) in [6.07, 6.45) is 0.349. The second-order valence-corrected chi connectivity index (χ2v) is 5.48. The number of aliphatic carboxylic acids is 1. The van der Waals surface area contributed by atoms with E-state index >= 15 is 0 Å². The van der Waals surface area contributed by atoms with Crippen LogP contribution >= 0.6 is 15.9 Å². The van der Waals surface area contributed by atoms with Crippen LogP contribution in [0.3, 0.4) is 0 Å². The van der Waals surface area contributed by atoms with Crippen LogP contribution in [0.2, 0.25) is 0 Å². The fourth-order valence-electron chi connectivity index (χ4n) is 1.48. The molecule has 2 amide bonds. The third-order valence-corrected chi connectivity index (χ3v) is 3.37. The van der Waals surface area contributed by atoms with Gasteiger partial charge >= 0.3 is 5.97 Å². The molecule has 0 aromatic heterocycles. The molecule has 1 aromatic carbocycles. The fraction of sp³-hybridized carbons (Fsp3) is 0.357. The first-order valence-corrected chi connectivity index (χ1v) is 7.22. The van der Waals surface area contributed by atoms with E-state index in [4.69, 9.17) is 5.11 Å². The summed E-state index contributed by atoms with van der Waals surface area (Å²) in [6.45, 7) is 1.70. The van der Waals surface area contributed by atoms with Gasteiger partial charge in [0.1, 0.15) is 0 Å². The second kappa shape index (κ2) is 8.41. The minimum atomic E-state index is -0.896. The Morgan fingerprint density at radius 3 is 2.38 bits per heavy atom. The zero-order valence-electron chi connectivity index (χ0n) is 11.6. The standard InChI is InChI=1S/C14H17BrN2O4/c1-9(14(20)21)6-7-16-12(18)8-17-13(19)10-2-4-11(15)5-3-10/h2-5,9H,6-8H2,1H3,(H,16,18)(H,17,19)(H,20,21). The number of amides is 2. The van der Waals surface area contributed by atoms with Gasteiger partial charge in [0.05, 0.1) is 12.5 Å². The summed E-state index contributed by atoms with van der Waals surface area (Å²) in [6, 6.07) is 6.77. The Balaban J connectivity index is 2.28. The van der Waals surface area contributed by atoms with Gasteiger partial charge in [-0.05, 0) is 30.7 Å². The number of halogens is 1. The molecule has 0 heterocycles. The molecule has 1 aromatic rings. The zero-order chi connectivity index (χ0) is 15.8. The van der Waals surface area contributed by atoms with Crippen LogP contribution in [0.1, 0.15) is 23.7 Å². The first-order chi connectivity index (χ1) is 9.90. The van der Waals surface area contributed by atoms with Gasteiger partial charge in [-0.25, -0.2) is 0 Å². The van der Waals surface area contributed by atoms with Crippen molar-refractivity contribution in [2.75, 3.05) is 13.1 Å². The maximum atomic E-state index is 11.7. The van der Waals surface area contributed by atoms with Crippen LogP contribution < -0.4 is 10.6 Å². The summed E-state index contributed by atoms with van der Waals surface area (Å²) in [5, 5.41) is 13.8. The minimum Gasteiger partial charge on any atom is -0.481 e. The fourth-order valence-corrected chi connectivity index (χ4v) is 1.74. The number of nitrogens with one attached hydrogen (secondary N) is 2. The monoisotopic (exact) mass is 356 g/mol. The van der Waals surface area contributed by atoms with E-state index < -0.39 is 11.9 Å². The van der Waals surface area contributed by atoms with Crippen LogP contribution in [0.4, 0.5) is 0 Å². The largest absolute Gasteiger partial charge is 0.481 e. The average molecular weight is 357 g/mol. The molecular weight excluding hydrogens is 340 g/mol. The van der Waals surface area contributed by atoms with Gasteiger partial charge in [-0.15, -0.1) is 0 Å². The summed E-state index contributed by atoms with van der Waals surface area (Å²) in [5.74, 6) is -2.09. The molecule has 6 nitrogen and oxygen atoms in total. The third-order valence-electron chi connectivity index (χ3n) is 2.84. The highest BCUT2D eigenvalue weighted by molar-refractivity contribution is 9.10. The molecule has 114 valence electrons. The number of rotatable bonds is 7. The van der Waals surface area contributed by atoms with Gasteiger partial charge < -0.3 is 15.7 Å². The Morgan fingerprint density at radius 2 is 1.81 bits per heavy atom. The molecule has 1 atom stereocenters. The van der Waals surface area contributed by atoms with Crippen molar-refractivity contribution in [3.05, 3.63) is 34.3 Å². The summed E-state index contributed by atoms with van der Waals surface area (Å²) in [4.78, 5) is 33.8.